The molecule has 0 spiro atoms. The van der Waals surface area contributed by atoms with Gasteiger partial charge in [0.15, 0.2) is 11.5 Å². The van der Waals surface area contributed by atoms with Crippen LogP contribution in [0.25, 0.3) is 11.1 Å². The highest BCUT2D eigenvalue weighted by molar-refractivity contribution is 5.94. The van der Waals surface area contributed by atoms with Crippen LogP contribution in [-0.4, -0.2) is 46.8 Å². The van der Waals surface area contributed by atoms with Crippen molar-refractivity contribution >= 4 is 23.2 Å². The normalized spacial score (nSPS) is 13.6. The fraction of sp³-hybridized carbons (Fsp3) is 0.300. The number of carbonyl (C=O) groups excluding carboxylic acids is 2. The molecule has 2 amide bonds. The van der Waals surface area contributed by atoms with Gasteiger partial charge in [0, 0.05) is 24.2 Å². The molecule has 3 aromatic rings. The van der Waals surface area contributed by atoms with Crippen LogP contribution in [0.15, 0.2) is 53.3 Å². The van der Waals surface area contributed by atoms with E-state index in [0.717, 1.165) is 11.1 Å². The van der Waals surface area contributed by atoms with Gasteiger partial charge in [-0.05, 0) is 59.9 Å². The molecule has 4 rings (SSSR count). The molecule has 10 heteroatoms. The minimum Gasteiger partial charge on any atom is -0.497 e. The summed E-state index contributed by atoms with van der Waals surface area (Å²) in [6.45, 7) is 1.31. The lowest BCUT2D eigenvalue weighted by Crippen LogP contribution is -2.27. The lowest BCUT2D eigenvalue weighted by molar-refractivity contribution is -0.119. The predicted molar refractivity (Wildman–Crippen MR) is 153 cm³/mol. The van der Waals surface area contributed by atoms with Crippen LogP contribution in [0.4, 0.5) is 11.4 Å². The van der Waals surface area contributed by atoms with Gasteiger partial charge in [-0.15, -0.1) is 0 Å². The van der Waals surface area contributed by atoms with Gasteiger partial charge in [-0.3, -0.25) is 14.4 Å². The van der Waals surface area contributed by atoms with Gasteiger partial charge in [0.2, 0.25) is 23.0 Å². The lowest BCUT2D eigenvalue weighted by Gasteiger charge is -2.19. The predicted octanol–water partition coefficient (Wildman–Crippen LogP) is 3.92. The zero-order valence-corrected chi connectivity index (χ0v) is 23.2. The number of fused-ring (bicyclic) bond motifs is 3. The molecule has 3 aromatic carbocycles. The molecule has 0 unspecified atom stereocenters. The summed E-state index contributed by atoms with van der Waals surface area (Å²) in [4.78, 5) is 38.1. The smallest absolute Gasteiger partial charge is 0.243 e. The lowest BCUT2D eigenvalue weighted by atomic mass is 9.95. The van der Waals surface area contributed by atoms with Crippen molar-refractivity contribution in [3.63, 3.8) is 0 Å². The van der Waals surface area contributed by atoms with E-state index in [-0.39, 0.29) is 29.5 Å². The zero-order chi connectivity index (χ0) is 28.8. The number of benzene rings is 2. The van der Waals surface area contributed by atoms with Crippen LogP contribution in [-0.2, 0) is 16.0 Å². The summed E-state index contributed by atoms with van der Waals surface area (Å²) < 4.78 is 22.2. The van der Waals surface area contributed by atoms with Gasteiger partial charge in [-0.25, -0.2) is 0 Å². The van der Waals surface area contributed by atoms with Crippen LogP contribution >= 0.6 is 0 Å². The largest absolute Gasteiger partial charge is 0.497 e. The topological polar surface area (TPSA) is 124 Å². The molecule has 1 aliphatic rings. The Morgan fingerprint density at radius 2 is 1.70 bits per heavy atom. The van der Waals surface area contributed by atoms with Crippen LogP contribution in [0.1, 0.15) is 30.5 Å². The Morgan fingerprint density at radius 3 is 2.38 bits per heavy atom. The molecule has 0 heterocycles. The van der Waals surface area contributed by atoms with Gasteiger partial charge in [0.1, 0.15) is 5.75 Å². The number of hydrogen-bond donors (Lipinski definition) is 3. The summed E-state index contributed by atoms with van der Waals surface area (Å²) in [7, 11) is 6.18. The highest BCUT2D eigenvalue weighted by Gasteiger charge is 2.29. The average Bonchev–Trinajstić information content (AvgIpc) is 3.19. The summed E-state index contributed by atoms with van der Waals surface area (Å²) in [5, 5.41) is 8.71. The molecule has 0 fully saturated rings. The Balaban J connectivity index is 1.75. The molecule has 0 saturated carbocycles. The quantitative estimate of drug-likeness (QED) is 0.368. The summed E-state index contributed by atoms with van der Waals surface area (Å²) in [5.74, 6) is 1.48. The molecule has 40 heavy (non-hydrogen) atoms. The molecule has 0 bridgehead atoms. The first-order chi connectivity index (χ1) is 19.3. The van der Waals surface area contributed by atoms with Gasteiger partial charge >= 0.3 is 0 Å². The summed E-state index contributed by atoms with van der Waals surface area (Å²) in [6, 6.07) is 13.4. The van der Waals surface area contributed by atoms with E-state index >= 15 is 0 Å². The minimum absolute atomic E-state index is 0.138. The standard InChI is InChI=1S/C30H33N3O7/c1-17(34)32-23-11-9-18-13-26(38-3)29(39-4)30(40-5)28(18)21-10-12-24(25(35)15-22(21)23)31-16-27(36)33-19-7-6-8-20(14-19)37-2/h6-8,10,12-15,23H,9,11,16H2,1-5H3,(H,31,35)(H,32,34)(H,33,36)/t23-/m0/s1. The number of aryl methyl sites for hydroxylation is 1. The maximum Gasteiger partial charge on any atom is 0.243 e. The van der Waals surface area contributed by atoms with Crippen molar-refractivity contribution in [2.75, 3.05) is 45.6 Å². The highest BCUT2D eigenvalue weighted by Crippen LogP contribution is 2.50. The Bertz CT molecular complexity index is 1490. The van der Waals surface area contributed by atoms with Crippen LogP contribution in [0.3, 0.4) is 0 Å². The van der Waals surface area contributed by atoms with E-state index in [1.807, 2.05) is 6.07 Å². The van der Waals surface area contributed by atoms with Crippen molar-refractivity contribution in [2.45, 2.75) is 25.8 Å². The fourth-order valence-corrected chi connectivity index (χ4v) is 4.94. The zero-order valence-electron chi connectivity index (χ0n) is 23.2. The first kappa shape index (κ1) is 28.3. The van der Waals surface area contributed by atoms with Crippen LogP contribution in [0, 0.1) is 0 Å². The molecule has 0 aliphatic heterocycles. The number of amides is 2. The van der Waals surface area contributed by atoms with E-state index < -0.39 is 6.04 Å². The number of anilines is 2. The summed E-state index contributed by atoms with van der Waals surface area (Å²) in [6.07, 6.45) is 1.15. The Kier molecular flexibility index (Phi) is 8.78. The van der Waals surface area contributed by atoms with Gasteiger partial charge in [0.05, 0.1) is 46.7 Å². The van der Waals surface area contributed by atoms with Crippen molar-refractivity contribution in [2.24, 2.45) is 0 Å². The van der Waals surface area contributed by atoms with E-state index in [1.54, 1.807) is 57.7 Å². The third-order valence-corrected chi connectivity index (χ3v) is 6.71. The number of carbonyl (C=O) groups is 2. The molecule has 3 N–H and O–H groups in total. The first-order valence-electron chi connectivity index (χ1n) is 12.7. The number of nitrogens with one attached hydrogen (secondary N) is 3. The molecular weight excluding hydrogens is 514 g/mol. The molecule has 210 valence electrons. The number of ether oxygens (including phenoxy) is 4. The molecule has 0 saturated heterocycles. The highest BCUT2D eigenvalue weighted by atomic mass is 16.5. The van der Waals surface area contributed by atoms with E-state index in [0.29, 0.717) is 52.7 Å². The van der Waals surface area contributed by atoms with Crippen molar-refractivity contribution in [1.82, 2.24) is 5.32 Å². The SMILES string of the molecule is COc1cccc(NC(=O)CNc2ccc3c(cc2=O)[C@@H](NC(C)=O)CCc2cc(OC)c(OC)c(OC)c2-3)c1. The third kappa shape index (κ3) is 5.96. The second-order valence-corrected chi connectivity index (χ2v) is 9.23. The Labute approximate surface area is 232 Å². The summed E-state index contributed by atoms with van der Waals surface area (Å²) in [5.41, 5.74) is 3.50. The van der Waals surface area contributed by atoms with Crippen LogP contribution in [0.2, 0.25) is 0 Å². The van der Waals surface area contributed by atoms with Crippen LogP contribution < -0.4 is 40.3 Å². The van der Waals surface area contributed by atoms with Crippen LogP contribution in [0.5, 0.6) is 23.0 Å². The number of hydrogen-bond acceptors (Lipinski definition) is 8. The molecule has 1 aliphatic carbocycles. The van der Waals surface area contributed by atoms with Crippen molar-refractivity contribution in [1.29, 1.82) is 0 Å². The second kappa shape index (κ2) is 12.4. The average molecular weight is 548 g/mol. The molecule has 0 radical (unpaired) electrons. The first-order valence-corrected chi connectivity index (χ1v) is 12.7. The molecule has 0 aromatic heterocycles. The minimum atomic E-state index is -0.425. The monoisotopic (exact) mass is 547 g/mol. The van der Waals surface area contributed by atoms with Gasteiger partial charge in [-0.2, -0.15) is 0 Å². The van der Waals surface area contributed by atoms with Crippen molar-refractivity contribution in [3.05, 3.63) is 69.9 Å². The second-order valence-electron chi connectivity index (χ2n) is 9.23. The van der Waals surface area contributed by atoms with E-state index in [9.17, 15) is 14.4 Å². The molecule has 10 nitrogen and oxygen atoms in total. The van der Waals surface area contributed by atoms with Crippen molar-refractivity contribution in [3.8, 4) is 34.1 Å². The number of rotatable bonds is 9. The maximum absolute atomic E-state index is 13.4. The summed E-state index contributed by atoms with van der Waals surface area (Å²) >= 11 is 0. The Hall–Kier alpha value is -4.73. The van der Waals surface area contributed by atoms with Gasteiger partial charge in [0.25, 0.3) is 0 Å². The third-order valence-electron chi connectivity index (χ3n) is 6.71. The van der Waals surface area contributed by atoms with Gasteiger partial charge in [-0.1, -0.05) is 12.1 Å². The maximum atomic E-state index is 13.4. The fourth-order valence-electron chi connectivity index (χ4n) is 4.94. The number of methoxy groups -OCH3 is 4. The van der Waals surface area contributed by atoms with Gasteiger partial charge < -0.3 is 34.9 Å². The molecular formula is C30H33N3O7. The van der Waals surface area contributed by atoms with E-state index in [2.05, 4.69) is 16.0 Å². The van der Waals surface area contributed by atoms with E-state index in [1.165, 1.54) is 20.1 Å². The van der Waals surface area contributed by atoms with Crippen molar-refractivity contribution < 1.29 is 28.5 Å². The molecule has 1 atom stereocenters. The van der Waals surface area contributed by atoms with E-state index in [4.69, 9.17) is 18.9 Å². The Morgan fingerprint density at radius 1 is 0.925 bits per heavy atom.